The van der Waals surface area contributed by atoms with E-state index in [2.05, 4.69) is 24.2 Å². The summed E-state index contributed by atoms with van der Waals surface area (Å²) in [4.78, 5) is 2.34. The Morgan fingerprint density at radius 2 is 1.94 bits per heavy atom. The van der Waals surface area contributed by atoms with E-state index >= 15 is 0 Å². The molecule has 0 amide bonds. The molecule has 0 heterocycles. The molecule has 1 aliphatic rings. The van der Waals surface area contributed by atoms with Crippen molar-refractivity contribution in [2.24, 2.45) is 0 Å². The van der Waals surface area contributed by atoms with E-state index in [9.17, 15) is 4.39 Å². The fourth-order valence-corrected chi connectivity index (χ4v) is 2.56. The average Bonchev–Trinajstić information content (AvgIpc) is 2.34. The van der Waals surface area contributed by atoms with Gasteiger partial charge in [-0.15, -0.1) is 0 Å². The Morgan fingerprint density at radius 3 is 2.50 bits per heavy atom. The van der Waals surface area contributed by atoms with Crippen molar-refractivity contribution in [3.05, 3.63) is 0 Å². The molecule has 0 aromatic heterocycles. The number of rotatable bonds is 7. The van der Waals surface area contributed by atoms with Crippen molar-refractivity contribution in [3.63, 3.8) is 0 Å². The zero-order valence-corrected chi connectivity index (χ0v) is 10.8. The molecule has 2 nitrogen and oxygen atoms in total. The maximum Gasteiger partial charge on any atom is 0.0906 e. The van der Waals surface area contributed by atoms with E-state index in [0.29, 0.717) is 12.5 Å². The molecule has 16 heavy (non-hydrogen) atoms. The van der Waals surface area contributed by atoms with Gasteiger partial charge < -0.3 is 10.2 Å². The second-order valence-electron chi connectivity index (χ2n) is 4.98. The van der Waals surface area contributed by atoms with E-state index in [1.165, 1.54) is 32.1 Å². The topological polar surface area (TPSA) is 15.3 Å². The first-order valence-corrected chi connectivity index (χ1v) is 6.77. The van der Waals surface area contributed by atoms with Crippen LogP contribution in [0.4, 0.5) is 4.39 Å². The molecule has 0 spiro atoms. The van der Waals surface area contributed by atoms with Gasteiger partial charge in [-0.25, -0.2) is 0 Å². The van der Waals surface area contributed by atoms with Gasteiger partial charge in [0.15, 0.2) is 0 Å². The molecule has 96 valence electrons. The van der Waals surface area contributed by atoms with Gasteiger partial charge in [0.25, 0.3) is 0 Å². The number of nitrogens with one attached hydrogen (secondary N) is 1. The second kappa shape index (κ2) is 8.02. The third-order valence-corrected chi connectivity index (χ3v) is 3.65. The van der Waals surface area contributed by atoms with Gasteiger partial charge >= 0.3 is 0 Å². The van der Waals surface area contributed by atoms with E-state index in [1.807, 2.05) is 0 Å². The van der Waals surface area contributed by atoms with Crippen LogP contribution >= 0.6 is 0 Å². The lowest BCUT2D eigenvalue weighted by atomic mass is 9.90. The highest BCUT2D eigenvalue weighted by atomic mass is 19.1. The van der Waals surface area contributed by atoms with Crippen molar-refractivity contribution in [1.29, 1.82) is 0 Å². The smallest absolute Gasteiger partial charge is 0.0906 e. The number of alkyl halides is 1. The zero-order chi connectivity index (χ0) is 11.8. The van der Waals surface area contributed by atoms with Crippen LogP contribution in [0.3, 0.4) is 0 Å². The lowest BCUT2D eigenvalue weighted by Crippen LogP contribution is -2.41. The highest BCUT2D eigenvalue weighted by Gasteiger charge is 2.22. The Bertz CT molecular complexity index is 167. The first-order valence-electron chi connectivity index (χ1n) is 6.77. The quantitative estimate of drug-likeness (QED) is 0.723. The van der Waals surface area contributed by atoms with Gasteiger partial charge in [0.1, 0.15) is 0 Å². The maximum atomic E-state index is 12.1. The van der Waals surface area contributed by atoms with Crippen molar-refractivity contribution in [2.45, 2.75) is 57.5 Å². The average molecular weight is 230 g/mol. The maximum absolute atomic E-state index is 12.1. The highest BCUT2D eigenvalue weighted by Crippen LogP contribution is 2.22. The Kier molecular flexibility index (Phi) is 6.97. The molecule has 1 saturated carbocycles. The molecule has 1 aliphatic carbocycles. The lowest BCUT2D eigenvalue weighted by molar-refractivity contribution is 0.169. The lowest BCUT2D eigenvalue weighted by Gasteiger charge is -2.35. The van der Waals surface area contributed by atoms with Gasteiger partial charge in [-0.2, -0.15) is 0 Å². The number of halogens is 1. The summed E-state index contributed by atoms with van der Waals surface area (Å²) >= 11 is 0. The van der Waals surface area contributed by atoms with Crippen LogP contribution in [-0.2, 0) is 0 Å². The van der Waals surface area contributed by atoms with Crippen molar-refractivity contribution in [1.82, 2.24) is 10.2 Å². The monoisotopic (exact) mass is 230 g/mol. The predicted octanol–water partition coefficient (Wildman–Crippen LogP) is 2.59. The minimum absolute atomic E-state index is 0.183. The number of hydrogen-bond donors (Lipinski definition) is 1. The van der Waals surface area contributed by atoms with Gasteiger partial charge in [0.2, 0.25) is 0 Å². The molecular weight excluding hydrogens is 203 g/mol. The molecular formula is C13H27FN2. The van der Waals surface area contributed by atoms with E-state index < -0.39 is 0 Å². The first-order chi connectivity index (χ1) is 7.77. The summed E-state index contributed by atoms with van der Waals surface area (Å²) in [5.41, 5.74) is 0. The minimum atomic E-state index is -0.183. The second-order valence-corrected chi connectivity index (χ2v) is 4.98. The Labute approximate surface area is 99.6 Å². The number of nitrogens with zero attached hydrogens (tertiary/aromatic N) is 1. The van der Waals surface area contributed by atoms with E-state index in [1.54, 1.807) is 0 Å². The zero-order valence-electron chi connectivity index (χ0n) is 10.8. The summed E-state index contributed by atoms with van der Waals surface area (Å²) in [7, 11) is 2.14. The van der Waals surface area contributed by atoms with Crippen LogP contribution in [0.15, 0.2) is 0 Å². The van der Waals surface area contributed by atoms with E-state index in [4.69, 9.17) is 0 Å². The van der Waals surface area contributed by atoms with E-state index in [0.717, 1.165) is 19.1 Å². The molecule has 1 fully saturated rings. The van der Waals surface area contributed by atoms with Crippen LogP contribution < -0.4 is 5.32 Å². The van der Waals surface area contributed by atoms with Gasteiger partial charge in [-0.3, -0.25) is 4.39 Å². The van der Waals surface area contributed by atoms with Crippen molar-refractivity contribution < 1.29 is 4.39 Å². The summed E-state index contributed by atoms with van der Waals surface area (Å²) < 4.78 is 12.1. The minimum Gasteiger partial charge on any atom is -0.314 e. The van der Waals surface area contributed by atoms with Crippen LogP contribution in [0, 0.1) is 0 Å². The summed E-state index contributed by atoms with van der Waals surface area (Å²) in [6.45, 7) is 4.09. The highest BCUT2D eigenvalue weighted by molar-refractivity contribution is 4.81. The van der Waals surface area contributed by atoms with Crippen LogP contribution in [0.5, 0.6) is 0 Å². The predicted molar refractivity (Wildman–Crippen MR) is 67.6 cm³/mol. The summed E-state index contributed by atoms with van der Waals surface area (Å²) in [5, 5.41) is 3.60. The third kappa shape index (κ3) is 4.79. The standard InChI is InChI=1S/C13H27FN2/c1-3-10-15-12-5-7-13(8-6-12)16(2)11-4-9-14/h12-13,15H,3-11H2,1-2H3. The normalized spacial score (nSPS) is 26.2. The molecule has 3 heteroatoms. The molecule has 0 aromatic carbocycles. The Morgan fingerprint density at radius 1 is 1.25 bits per heavy atom. The molecule has 0 atom stereocenters. The van der Waals surface area contributed by atoms with Gasteiger partial charge in [-0.05, 0) is 52.1 Å². The third-order valence-electron chi connectivity index (χ3n) is 3.65. The summed E-state index contributed by atoms with van der Waals surface area (Å²) in [5.74, 6) is 0. The van der Waals surface area contributed by atoms with E-state index in [-0.39, 0.29) is 6.67 Å². The van der Waals surface area contributed by atoms with Gasteiger partial charge in [-0.1, -0.05) is 6.92 Å². The van der Waals surface area contributed by atoms with Gasteiger partial charge in [0, 0.05) is 18.6 Å². The SMILES string of the molecule is CCCNC1CCC(N(C)CCCF)CC1. The molecule has 1 N–H and O–H groups in total. The summed E-state index contributed by atoms with van der Waals surface area (Å²) in [6, 6.07) is 1.41. The molecule has 0 unspecified atom stereocenters. The van der Waals surface area contributed by atoms with Crippen molar-refractivity contribution >= 4 is 0 Å². The summed E-state index contributed by atoms with van der Waals surface area (Å²) in [6.07, 6.45) is 7.00. The van der Waals surface area contributed by atoms with Gasteiger partial charge in [0.05, 0.1) is 6.67 Å². The van der Waals surface area contributed by atoms with Crippen LogP contribution in [-0.4, -0.2) is 43.8 Å². The molecule has 0 radical (unpaired) electrons. The molecule has 0 aliphatic heterocycles. The molecule has 0 aromatic rings. The Balaban J connectivity index is 2.15. The fraction of sp³-hybridized carbons (Fsp3) is 1.00. The molecule has 0 bridgehead atoms. The van der Waals surface area contributed by atoms with Crippen LogP contribution in [0.25, 0.3) is 0 Å². The van der Waals surface area contributed by atoms with Crippen LogP contribution in [0.1, 0.15) is 45.4 Å². The molecule has 1 rings (SSSR count). The first kappa shape index (κ1) is 13.9. The largest absolute Gasteiger partial charge is 0.314 e. The Hall–Kier alpha value is -0.150. The van der Waals surface area contributed by atoms with Crippen molar-refractivity contribution in [3.8, 4) is 0 Å². The fourth-order valence-electron chi connectivity index (χ4n) is 2.56. The van der Waals surface area contributed by atoms with Crippen molar-refractivity contribution in [2.75, 3.05) is 26.8 Å². The number of hydrogen-bond acceptors (Lipinski definition) is 2. The van der Waals surface area contributed by atoms with Crippen LogP contribution in [0.2, 0.25) is 0 Å². The molecule has 0 saturated heterocycles.